The van der Waals surface area contributed by atoms with Gasteiger partial charge in [0, 0.05) is 0 Å². The van der Waals surface area contributed by atoms with Gasteiger partial charge in [-0.1, -0.05) is 13.3 Å². The van der Waals surface area contributed by atoms with Crippen molar-refractivity contribution in [2.45, 2.75) is 52.4 Å². The Hall–Kier alpha value is -1.30. The van der Waals surface area contributed by atoms with Gasteiger partial charge in [-0.3, -0.25) is 9.69 Å². The lowest BCUT2D eigenvalue weighted by Crippen LogP contribution is -2.49. The minimum atomic E-state index is -0.988. The van der Waals surface area contributed by atoms with Gasteiger partial charge in [0.1, 0.15) is 6.61 Å². The highest BCUT2D eigenvalue weighted by Gasteiger charge is 2.50. The maximum absolute atomic E-state index is 12.1. The van der Waals surface area contributed by atoms with E-state index in [0.717, 1.165) is 12.8 Å². The van der Waals surface area contributed by atoms with Gasteiger partial charge < -0.3 is 14.2 Å². The van der Waals surface area contributed by atoms with E-state index < -0.39 is 23.4 Å². The lowest BCUT2D eigenvalue weighted by atomic mass is 9.88. The summed E-state index contributed by atoms with van der Waals surface area (Å²) < 4.78 is 15.6. The first kappa shape index (κ1) is 16.8. The van der Waals surface area contributed by atoms with Crippen molar-refractivity contribution >= 4 is 12.1 Å². The van der Waals surface area contributed by atoms with Crippen molar-refractivity contribution in [3.63, 3.8) is 0 Å². The lowest BCUT2D eigenvalue weighted by molar-refractivity contribution is -0.163. The van der Waals surface area contributed by atoms with Crippen molar-refractivity contribution in [2.24, 2.45) is 5.41 Å². The molecule has 1 aliphatic heterocycles. The zero-order valence-electron chi connectivity index (χ0n) is 13.2. The largest absolute Gasteiger partial charge is 0.510 e. The van der Waals surface area contributed by atoms with E-state index in [0.29, 0.717) is 0 Å². The van der Waals surface area contributed by atoms with Crippen LogP contribution >= 0.6 is 0 Å². The van der Waals surface area contributed by atoms with Gasteiger partial charge in [-0.15, -0.1) is 0 Å². The average Bonchev–Trinajstić information content (AvgIpc) is 2.62. The zero-order valence-corrected chi connectivity index (χ0v) is 13.2. The minimum absolute atomic E-state index is 0.0203. The predicted molar refractivity (Wildman–Crippen MR) is 73.1 cm³/mol. The maximum atomic E-state index is 12.1. The first-order valence-electron chi connectivity index (χ1n) is 6.85. The van der Waals surface area contributed by atoms with Gasteiger partial charge in [-0.2, -0.15) is 0 Å². The van der Waals surface area contributed by atoms with E-state index in [1.807, 2.05) is 20.8 Å². The summed E-state index contributed by atoms with van der Waals surface area (Å²) in [6.45, 7) is 7.39. The summed E-state index contributed by atoms with van der Waals surface area (Å²) in [6.07, 6.45) is 0.334. The molecule has 116 valence electrons. The van der Waals surface area contributed by atoms with Crippen molar-refractivity contribution < 1.29 is 23.8 Å². The van der Waals surface area contributed by atoms with Crippen LogP contribution in [0.15, 0.2) is 0 Å². The Morgan fingerprint density at radius 3 is 2.55 bits per heavy atom. The fourth-order valence-corrected chi connectivity index (χ4v) is 2.36. The van der Waals surface area contributed by atoms with Crippen LogP contribution < -0.4 is 0 Å². The fourth-order valence-electron chi connectivity index (χ4n) is 2.36. The van der Waals surface area contributed by atoms with Crippen LogP contribution in [0.2, 0.25) is 0 Å². The summed E-state index contributed by atoms with van der Waals surface area (Å²) in [4.78, 5) is 25.1. The standard InChI is InChI=1S/C14H25NO5/c1-7-8-13(2,3)11(16)18-9-14(4)10(15(5)6)19-12(17)20-14/h10H,7-9H2,1-6H3. The van der Waals surface area contributed by atoms with Gasteiger partial charge in [-0.25, -0.2) is 4.79 Å². The molecule has 0 aromatic heterocycles. The number of cyclic esters (lactones) is 2. The van der Waals surface area contributed by atoms with E-state index in [1.54, 1.807) is 25.9 Å². The number of esters is 1. The van der Waals surface area contributed by atoms with Gasteiger partial charge in [-0.05, 0) is 41.3 Å². The Bertz CT molecular complexity index is 380. The van der Waals surface area contributed by atoms with E-state index in [-0.39, 0.29) is 12.6 Å². The normalized spacial score (nSPS) is 26.4. The molecule has 0 bridgehead atoms. The molecule has 0 radical (unpaired) electrons. The van der Waals surface area contributed by atoms with E-state index in [1.165, 1.54) is 0 Å². The van der Waals surface area contributed by atoms with E-state index in [4.69, 9.17) is 14.2 Å². The summed E-state index contributed by atoms with van der Waals surface area (Å²) >= 11 is 0. The second-order valence-corrected chi connectivity index (χ2v) is 6.31. The Labute approximate surface area is 120 Å². The highest BCUT2D eigenvalue weighted by atomic mass is 16.8. The molecule has 0 amide bonds. The lowest BCUT2D eigenvalue weighted by Gasteiger charge is -2.31. The molecule has 2 unspecified atom stereocenters. The first-order valence-corrected chi connectivity index (χ1v) is 6.85. The van der Waals surface area contributed by atoms with E-state index in [2.05, 4.69) is 0 Å². The van der Waals surface area contributed by atoms with Crippen LogP contribution in [0.1, 0.15) is 40.5 Å². The van der Waals surface area contributed by atoms with Gasteiger partial charge in [0.15, 0.2) is 5.60 Å². The van der Waals surface area contributed by atoms with Gasteiger partial charge in [0.05, 0.1) is 5.41 Å². The first-order chi connectivity index (χ1) is 9.12. The molecule has 0 aromatic rings. The number of nitrogens with zero attached hydrogens (tertiary/aromatic N) is 1. The molecule has 1 fully saturated rings. The number of carbonyl (C=O) groups is 2. The molecular formula is C14H25NO5. The van der Waals surface area contributed by atoms with Crippen LogP contribution in [0.4, 0.5) is 4.79 Å². The molecule has 2 atom stereocenters. The highest BCUT2D eigenvalue weighted by molar-refractivity contribution is 5.76. The number of rotatable bonds is 6. The minimum Gasteiger partial charge on any atom is -0.461 e. The van der Waals surface area contributed by atoms with Crippen LogP contribution in [0.5, 0.6) is 0 Å². The highest BCUT2D eigenvalue weighted by Crippen LogP contribution is 2.30. The molecule has 6 heteroatoms. The third kappa shape index (κ3) is 3.62. The molecule has 0 aromatic carbocycles. The SMILES string of the molecule is CCCC(C)(C)C(=O)OCC1(C)OC(=O)OC1N(C)C. The molecule has 0 spiro atoms. The third-order valence-electron chi connectivity index (χ3n) is 3.43. The summed E-state index contributed by atoms with van der Waals surface area (Å²) in [5.74, 6) is -0.291. The van der Waals surface area contributed by atoms with Gasteiger partial charge in [0.25, 0.3) is 0 Å². The van der Waals surface area contributed by atoms with Crippen LogP contribution in [0.3, 0.4) is 0 Å². The monoisotopic (exact) mass is 287 g/mol. The third-order valence-corrected chi connectivity index (χ3v) is 3.43. The van der Waals surface area contributed by atoms with Gasteiger partial charge in [0.2, 0.25) is 6.23 Å². The summed E-state index contributed by atoms with van der Waals surface area (Å²) in [5, 5.41) is 0. The summed E-state index contributed by atoms with van der Waals surface area (Å²) in [5.41, 5.74) is -1.53. The van der Waals surface area contributed by atoms with Gasteiger partial charge >= 0.3 is 12.1 Å². The van der Waals surface area contributed by atoms with E-state index in [9.17, 15) is 9.59 Å². The maximum Gasteiger partial charge on any atom is 0.510 e. The Morgan fingerprint density at radius 2 is 2.05 bits per heavy atom. The molecule has 1 rings (SSSR count). The van der Waals surface area contributed by atoms with Crippen molar-refractivity contribution in [1.29, 1.82) is 0 Å². The molecule has 0 N–H and O–H groups in total. The molecule has 1 heterocycles. The topological polar surface area (TPSA) is 65.1 Å². The van der Waals surface area contributed by atoms with Crippen LogP contribution in [-0.2, 0) is 19.0 Å². The molecule has 20 heavy (non-hydrogen) atoms. The van der Waals surface area contributed by atoms with Crippen molar-refractivity contribution in [3.8, 4) is 0 Å². The molecular weight excluding hydrogens is 262 g/mol. The van der Waals surface area contributed by atoms with Crippen molar-refractivity contribution in [3.05, 3.63) is 0 Å². The molecule has 6 nitrogen and oxygen atoms in total. The fraction of sp³-hybridized carbons (Fsp3) is 0.857. The number of likely N-dealkylation sites (N-methyl/N-ethyl adjacent to an activating group) is 1. The van der Waals surface area contributed by atoms with Crippen LogP contribution in [-0.4, -0.2) is 49.6 Å². The molecule has 1 saturated heterocycles. The Morgan fingerprint density at radius 1 is 1.45 bits per heavy atom. The zero-order chi connectivity index (χ0) is 15.6. The number of hydrogen-bond donors (Lipinski definition) is 0. The second-order valence-electron chi connectivity index (χ2n) is 6.31. The smallest absolute Gasteiger partial charge is 0.461 e. The predicted octanol–water partition coefficient (Wildman–Crippen LogP) is 2.17. The molecule has 0 saturated carbocycles. The Kier molecular flexibility index (Phi) is 5.02. The van der Waals surface area contributed by atoms with Crippen LogP contribution in [0.25, 0.3) is 0 Å². The summed E-state index contributed by atoms with van der Waals surface area (Å²) in [7, 11) is 3.54. The Balaban J connectivity index is 2.68. The van der Waals surface area contributed by atoms with Crippen molar-refractivity contribution in [2.75, 3.05) is 20.7 Å². The molecule has 1 aliphatic rings. The summed E-state index contributed by atoms with van der Waals surface area (Å²) in [6, 6.07) is 0. The number of hydrogen-bond acceptors (Lipinski definition) is 6. The average molecular weight is 287 g/mol. The quantitative estimate of drug-likeness (QED) is 0.698. The number of ether oxygens (including phenoxy) is 3. The van der Waals surface area contributed by atoms with Crippen LogP contribution in [0, 0.1) is 5.41 Å². The number of carbonyl (C=O) groups excluding carboxylic acids is 2. The molecule has 0 aliphatic carbocycles. The van der Waals surface area contributed by atoms with E-state index >= 15 is 0 Å². The second kappa shape index (κ2) is 5.99. The van der Waals surface area contributed by atoms with Crippen molar-refractivity contribution in [1.82, 2.24) is 4.90 Å².